The van der Waals surface area contributed by atoms with Crippen molar-refractivity contribution in [1.82, 2.24) is 9.88 Å². The standard InChI is InChI=1S/C14H21N3O/c1-11(2)15-13-8-6-7-12(16-13)14(18)17-9-4-3-5-10-17/h6-8,11H,3-5,9-10H2,1-2H3,(H,15,16). The molecule has 1 aromatic rings. The molecule has 98 valence electrons. The molecule has 0 atom stereocenters. The van der Waals surface area contributed by atoms with Crippen LogP contribution in [0.3, 0.4) is 0 Å². The molecule has 2 rings (SSSR count). The first kappa shape index (κ1) is 12.9. The fraction of sp³-hybridized carbons (Fsp3) is 0.571. The van der Waals surface area contributed by atoms with Gasteiger partial charge in [0.25, 0.3) is 5.91 Å². The molecule has 1 aromatic heterocycles. The molecule has 4 nitrogen and oxygen atoms in total. The second-order valence-corrected chi connectivity index (χ2v) is 5.06. The summed E-state index contributed by atoms with van der Waals surface area (Å²) < 4.78 is 0. The maximum atomic E-state index is 12.3. The number of aromatic nitrogens is 1. The van der Waals surface area contributed by atoms with Crippen LogP contribution in [0.1, 0.15) is 43.6 Å². The van der Waals surface area contributed by atoms with Crippen molar-refractivity contribution in [3.63, 3.8) is 0 Å². The van der Waals surface area contributed by atoms with Crippen LogP contribution in [-0.2, 0) is 0 Å². The minimum absolute atomic E-state index is 0.0575. The zero-order valence-electron chi connectivity index (χ0n) is 11.1. The average molecular weight is 247 g/mol. The summed E-state index contributed by atoms with van der Waals surface area (Å²) in [7, 11) is 0. The Balaban J connectivity index is 2.09. The lowest BCUT2D eigenvalue weighted by molar-refractivity contribution is 0.0718. The summed E-state index contributed by atoms with van der Waals surface area (Å²) in [5, 5.41) is 3.22. The Morgan fingerprint density at radius 1 is 1.28 bits per heavy atom. The lowest BCUT2D eigenvalue weighted by Crippen LogP contribution is -2.36. The fourth-order valence-corrected chi connectivity index (χ4v) is 2.19. The Morgan fingerprint density at radius 3 is 2.67 bits per heavy atom. The molecule has 2 heterocycles. The number of likely N-dealkylation sites (tertiary alicyclic amines) is 1. The summed E-state index contributed by atoms with van der Waals surface area (Å²) in [5.74, 6) is 0.829. The molecule has 1 aliphatic heterocycles. The zero-order valence-corrected chi connectivity index (χ0v) is 11.1. The molecule has 0 radical (unpaired) electrons. The van der Waals surface area contributed by atoms with Crippen molar-refractivity contribution < 1.29 is 4.79 Å². The summed E-state index contributed by atoms with van der Waals surface area (Å²) >= 11 is 0. The van der Waals surface area contributed by atoms with Gasteiger partial charge in [-0.05, 0) is 45.2 Å². The summed E-state index contributed by atoms with van der Waals surface area (Å²) in [6.45, 7) is 5.84. The molecule has 0 spiro atoms. The van der Waals surface area contributed by atoms with E-state index in [1.54, 1.807) is 6.07 Å². The number of pyridine rings is 1. The molecule has 18 heavy (non-hydrogen) atoms. The van der Waals surface area contributed by atoms with Gasteiger partial charge in [-0.25, -0.2) is 4.98 Å². The molecular formula is C14H21N3O. The Bertz CT molecular complexity index is 411. The third kappa shape index (κ3) is 3.22. The lowest BCUT2D eigenvalue weighted by Gasteiger charge is -2.26. The maximum absolute atomic E-state index is 12.3. The van der Waals surface area contributed by atoms with E-state index in [9.17, 15) is 4.79 Å². The van der Waals surface area contributed by atoms with Crippen molar-refractivity contribution in [2.75, 3.05) is 18.4 Å². The summed E-state index contributed by atoms with van der Waals surface area (Å²) in [6, 6.07) is 5.89. The van der Waals surface area contributed by atoms with Crippen LogP contribution in [0.5, 0.6) is 0 Å². The van der Waals surface area contributed by atoms with E-state index in [1.807, 2.05) is 17.0 Å². The number of hydrogen-bond acceptors (Lipinski definition) is 3. The van der Waals surface area contributed by atoms with Gasteiger partial charge in [0.2, 0.25) is 0 Å². The number of piperidine rings is 1. The largest absolute Gasteiger partial charge is 0.368 e. The molecule has 1 saturated heterocycles. The predicted octanol–water partition coefficient (Wildman–Crippen LogP) is 2.53. The van der Waals surface area contributed by atoms with Crippen molar-refractivity contribution in [2.24, 2.45) is 0 Å². The number of hydrogen-bond donors (Lipinski definition) is 1. The van der Waals surface area contributed by atoms with Gasteiger partial charge in [0.1, 0.15) is 11.5 Å². The van der Waals surface area contributed by atoms with Gasteiger partial charge in [-0.15, -0.1) is 0 Å². The van der Waals surface area contributed by atoms with Crippen LogP contribution in [0.2, 0.25) is 0 Å². The van der Waals surface area contributed by atoms with E-state index >= 15 is 0 Å². The van der Waals surface area contributed by atoms with Gasteiger partial charge in [0.15, 0.2) is 0 Å². The third-order valence-electron chi connectivity index (χ3n) is 3.05. The highest BCUT2D eigenvalue weighted by atomic mass is 16.2. The van der Waals surface area contributed by atoms with Gasteiger partial charge in [0, 0.05) is 19.1 Å². The lowest BCUT2D eigenvalue weighted by atomic mass is 10.1. The van der Waals surface area contributed by atoms with Crippen LogP contribution in [-0.4, -0.2) is 34.9 Å². The third-order valence-corrected chi connectivity index (χ3v) is 3.05. The van der Waals surface area contributed by atoms with Crippen LogP contribution < -0.4 is 5.32 Å². The number of anilines is 1. The number of nitrogens with one attached hydrogen (secondary N) is 1. The smallest absolute Gasteiger partial charge is 0.272 e. The molecule has 0 unspecified atom stereocenters. The first-order chi connectivity index (χ1) is 8.66. The van der Waals surface area contributed by atoms with Gasteiger partial charge in [-0.1, -0.05) is 6.07 Å². The number of nitrogens with zero attached hydrogens (tertiary/aromatic N) is 2. The Morgan fingerprint density at radius 2 is 2.00 bits per heavy atom. The molecule has 1 amide bonds. The fourth-order valence-electron chi connectivity index (χ4n) is 2.19. The molecule has 0 bridgehead atoms. The second-order valence-electron chi connectivity index (χ2n) is 5.06. The van der Waals surface area contributed by atoms with E-state index in [2.05, 4.69) is 24.1 Å². The molecule has 1 fully saturated rings. The first-order valence-corrected chi connectivity index (χ1v) is 6.69. The van der Waals surface area contributed by atoms with Gasteiger partial charge in [-0.2, -0.15) is 0 Å². The number of carbonyl (C=O) groups excluding carboxylic acids is 1. The molecule has 4 heteroatoms. The van der Waals surface area contributed by atoms with Crippen LogP contribution in [0.4, 0.5) is 5.82 Å². The van der Waals surface area contributed by atoms with E-state index in [0.29, 0.717) is 11.7 Å². The van der Waals surface area contributed by atoms with Gasteiger partial charge < -0.3 is 10.2 Å². The number of rotatable bonds is 3. The zero-order chi connectivity index (χ0) is 13.0. The second kappa shape index (κ2) is 5.85. The highest BCUT2D eigenvalue weighted by molar-refractivity contribution is 5.92. The van der Waals surface area contributed by atoms with Crippen LogP contribution in [0.15, 0.2) is 18.2 Å². The number of carbonyl (C=O) groups is 1. The van der Waals surface area contributed by atoms with E-state index in [4.69, 9.17) is 0 Å². The minimum atomic E-state index is 0.0575. The first-order valence-electron chi connectivity index (χ1n) is 6.69. The van der Waals surface area contributed by atoms with E-state index in [1.165, 1.54) is 6.42 Å². The van der Waals surface area contributed by atoms with Crippen molar-refractivity contribution in [3.05, 3.63) is 23.9 Å². The molecular weight excluding hydrogens is 226 g/mol. The maximum Gasteiger partial charge on any atom is 0.272 e. The highest BCUT2D eigenvalue weighted by Crippen LogP contribution is 2.13. The number of amides is 1. The highest BCUT2D eigenvalue weighted by Gasteiger charge is 2.19. The normalized spacial score (nSPS) is 15.8. The topological polar surface area (TPSA) is 45.2 Å². The van der Waals surface area contributed by atoms with E-state index in [0.717, 1.165) is 31.7 Å². The summed E-state index contributed by atoms with van der Waals surface area (Å²) in [4.78, 5) is 18.6. The van der Waals surface area contributed by atoms with Gasteiger partial charge >= 0.3 is 0 Å². The SMILES string of the molecule is CC(C)Nc1cccc(C(=O)N2CCCCC2)n1. The van der Waals surface area contributed by atoms with Crippen molar-refractivity contribution >= 4 is 11.7 Å². The monoisotopic (exact) mass is 247 g/mol. The molecule has 0 aromatic carbocycles. The van der Waals surface area contributed by atoms with Crippen molar-refractivity contribution in [3.8, 4) is 0 Å². The predicted molar refractivity (Wildman–Crippen MR) is 72.8 cm³/mol. The van der Waals surface area contributed by atoms with Crippen molar-refractivity contribution in [1.29, 1.82) is 0 Å². The summed E-state index contributed by atoms with van der Waals surface area (Å²) in [5.41, 5.74) is 0.544. The molecule has 0 aliphatic carbocycles. The minimum Gasteiger partial charge on any atom is -0.368 e. The quantitative estimate of drug-likeness (QED) is 0.892. The van der Waals surface area contributed by atoms with Crippen LogP contribution in [0, 0.1) is 0 Å². The Hall–Kier alpha value is -1.58. The molecule has 0 saturated carbocycles. The Labute approximate surface area is 108 Å². The van der Waals surface area contributed by atoms with E-state index < -0.39 is 0 Å². The Kier molecular flexibility index (Phi) is 4.18. The summed E-state index contributed by atoms with van der Waals surface area (Å²) in [6.07, 6.45) is 3.44. The molecule has 1 N–H and O–H groups in total. The van der Waals surface area contributed by atoms with E-state index in [-0.39, 0.29) is 5.91 Å². The van der Waals surface area contributed by atoms with Crippen LogP contribution in [0.25, 0.3) is 0 Å². The van der Waals surface area contributed by atoms with Crippen molar-refractivity contribution in [2.45, 2.75) is 39.2 Å². The van der Waals surface area contributed by atoms with Gasteiger partial charge in [0.05, 0.1) is 0 Å². The van der Waals surface area contributed by atoms with Crippen LogP contribution >= 0.6 is 0 Å². The van der Waals surface area contributed by atoms with Gasteiger partial charge in [-0.3, -0.25) is 4.79 Å². The molecule has 1 aliphatic rings. The average Bonchev–Trinajstić information content (AvgIpc) is 2.38.